The summed E-state index contributed by atoms with van der Waals surface area (Å²) in [4.78, 5) is 4.27. The number of hydrogen-bond donors (Lipinski definition) is 0. The predicted octanol–water partition coefficient (Wildman–Crippen LogP) is 3.75. The Bertz CT molecular complexity index is 462. The standard InChI is InChI=1S/C10H7I3N2/c11-8-3-1-7(2-4-8)5-15-6-14-9(12)10(15)13/h1-4,6H,5H2. The van der Waals surface area contributed by atoms with Gasteiger partial charge >= 0.3 is 0 Å². The Morgan fingerprint density at radius 1 is 1.07 bits per heavy atom. The Balaban J connectivity index is 2.22. The van der Waals surface area contributed by atoms with E-state index in [1.54, 1.807) is 0 Å². The Labute approximate surface area is 129 Å². The lowest BCUT2D eigenvalue weighted by atomic mass is 10.2. The van der Waals surface area contributed by atoms with Gasteiger partial charge in [-0.25, -0.2) is 4.98 Å². The topological polar surface area (TPSA) is 17.8 Å². The molecular formula is C10H7I3N2. The van der Waals surface area contributed by atoms with Gasteiger partial charge in [-0.1, -0.05) is 12.1 Å². The minimum absolute atomic E-state index is 0.894. The molecule has 2 aromatic rings. The van der Waals surface area contributed by atoms with Crippen LogP contribution >= 0.6 is 67.8 Å². The molecule has 1 aromatic heterocycles. The molecule has 2 nitrogen and oxygen atoms in total. The van der Waals surface area contributed by atoms with Crippen molar-refractivity contribution in [1.29, 1.82) is 0 Å². The fraction of sp³-hybridized carbons (Fsp3) is 0.100. The average Bonchev–Trinajstić information content (AvgIpc) is 2.53. The number of aromatic nitrogens is 2. The van der Waals surface area contributed by atoms with E-state index in [2.05, 4.69) is 102 Å². The summed E-state index contributed by atoms with van der Waals surface area (Å²) in [6.07, 6.45) is 1.89. The number of halogens is 3. The van der Waals surface area contributed by atoms with Crippen molar-refractivity contribution in [3.63, 3.8) is 0 Å². The highest BCUT2D eigenvalue weighted by Gasteiger charge is 2.04. The second-order valence-electron chi connectivity index (χ2n) is 3.08. The summed E-state index contributed by atoms with van der Waals surface area (Å²) in [5.74, 6) is 0. The third-order valence-corrected chi connectivity index (χ3v) is 5.67. The van der Waals surface area contributed by atoms with Crippen LogP contribution in [0.2, 0.25) is 0 Å². The molecule has 0 saturated carbocycles. The van der Waals surface area contributed by atoms with Gasteiger partial charge in [0, 0.05) is 10.1 Å². The van der Waals surface area contributed by atoms with Gasteiger partial charge < -0.3 is 4.57 Å². The Kier molecular flexibility index (Phi) is 4.27. The van der Waals surface area contributed by atoms with Crippen molar-refractivity contribution in [3.8, 4) is 0 Å². The molecule has 0 unspecified atom stereocenters. The molecule has 0 spiro atoms. The van der Waals surface area contributed by atoms with Gasteiger partial charge in [-0.2, -0.15) is 0 Å². The molecule has 0 bridgehead atoms. The maximum absolute atomic E-state index is 4.27. The lowest BCUT2D eigenvalue weighted by molar-refractivity contribution is 0.777. The molecule has 2 rings (SSSR count). The zero-order valence-electron chi connectivity index (χ0n) is 7.62. The summed E-state index contributed by atoms with van der Waals surface area (Å²) < 4.78 is 5.70. The van der Waals surface area contributed by atoms with E-state index in [1.807, 2.05) is 6.33 Å². The largest absolute Gasteiger partial charge is 0.321 e. The van der Waals surface area contributed by atoms with E-state index in [9.17, 15) is 0 Å². The van der Waals surface area contributed by atoms with Crippen LogP contribution in [0.4, 0.5) is 0 Å². The van der Waals surface area contributed by atoms with Gasteiger partial charge in [0.2, 0.25) is 0 Å². The van der Waals surface area contributed by atoms with E-state index in [0.29, 0.717) is 0 Å². The normalized spacial score (nSPS) is 10.6. The quantitative estimate of drug-likeness (QED) is 0.536. The highest BCUT2D eigenvalue weighted by molar-refractivity contribution is 14.1. The molecule has 5 heteroatoms. The van der Waals surface area contributed by atoms with Crippen molar-refractivity contribution in [2.24, 2.45) is 0 Å². The van der Waals surface area contributed by atoms with Crippen LogP contribution in [0.5, 0.6) is 0 Å². The van der Waals surface area contributed by atoms with Crippen LogP contribution in [-0.4, -0.2) is 9.55 Å². The number of rotatable bonds is 2. The van der Waals surface area contributed by atoms with Crippen LogP contribution in [-0.2, 0) is 6.54 Å². The minimum Gasteiger partial charge on any atom is -0.321 e. The summed E-state index contributed by atoms with van der Waals surface area (Å²) in [6, 6.07) is 8.57. The van der Waals surface area contributed by atoms with E-state index in [-0.39, 0.29) is 0 Å². The maximum atomic E-state index is 4.27. The van der Waals surface area contributed by atoms with E-state index in [1.165, 1.54) is 12.8 Å². The number of hydrogen-bond acceptors (Lipinski definition) is 1. The molecule has 0 aliphatic rings. The van der Waals surface area contributed by atoms with Crippen molar-refractivity contribution in [2.45, 2.75) is 6.54 Å². The second kappa shape index (κ2) is 5.30. The molecule has 78 valence electrons. The second-order valence-corrected chi connectivity index (χ2v) is 6.37. The molecule has 1 aromatic carbocycles. The van der Waals surface area contributed by atoms with Crippen molar-refractivity contribution < 1.29 is 0 Å². The summed E-state index contributed by atoms with van der Waals surface area (Å²) in [7, 11) is 0. The molecule has 0 radical (unpaired) electrons. The smallest absolute Gasteiger partial charge is 0.132 e. The first kappa shape index (κ1) is 12.1. The van der Waals surface area contributed by atoms with Crippen LogP contribution in [0, 0.1) is 11.0 Å². The van der Waals surface area contributed by atoms with Gasteiger partial charge in [0.1, 0.15) is 7.40 Å². The van der Waals surface area contributed by atoms with E-state index in [0.717, 1.165) is 10.2 Å². The summed E-state index contributed by atoms with van der Waals surface area (Å²) >= 11 is 6.89. The Hall–Kier alpha value is 0.620. The highest BCUT2D eigenvalue weighted by atomic mass is 127. The first-order chi connectivity index (χ1) is 7.16. The SMILES string of the molecule is Ic1ccc(Cn2cnc(I)c2I)cc1. The zero-order valence-corrected chi connectivity index (χ0v) is 14.1. The minimum atomic E-state index is 0.894. The van der Waals surface area contributed by atoms with Crippen molar-refractivity contribution in [3.05, 3.63) is 47.1 Å². The molecule has 0 amide bonds. The van der Waals surface area contributed by atoms with Gasteiger partial charge in [0.25, 0.3) is 0 Å². The molecule has 15 heavy (non-hydrogen) atoms. The van der Waals surface area contributed by atoms with Gasteiger partial charge in [0.05, 0.1) is 6.33 Å². The first-order valence-corrected chi connectivity index (χ1v) is 7.51. The predicted molar refractivity (Wildman–Crippen MR) is 85.9 cm³/mol. The van der Waals surface area contributed by atoms with Gasteiger partial charge in [-0.05, 0) is 85.5 Å². The molecule has 0 aliphatic heterocycles. The van der Waals surface area contributed by atoms with Gasteiger partial charge in [-0.15, -0.1) is 0 Å². The van der Waals surface area contributed by atoms with Crippen LogP contribution in [0.1, 0.15) is 5.56 Å². The van der Waals surface area contributed by atoms with Crippen molar-refractivity contribution in [1.82, 2.24) is 9.55 Å². The van der Waals surface area contributed by atoms with Crippen LogP contribution in [0.3, 0.4) is 0 Å². The summed E-state index contributed by atoms with van der Waals surface area (Å²) in [5, 5.41) is 0. The highest BCUT2D eigenvalue weighted by Crippen LogP contribution is 2.15. The van der Waals surface area contributed by atoms with Crippen LogP contribution in [0.25, 0.3) is 0 Å². The fourth-order valence-corrected chi connectivity index (χ4v) is 2.47. The molecule has 1 heterocycles. The lowest BCUT2D eigenvalue weighted by Crippen LogP contribution is -2.00. The Morgan fingerprint density at radius 2 is 1.73 bits per heavy atom. The van der Waals surface area contributed by atoms with Crippen LogP contribution < -0.4 is 0 Å². The fourth-order valence-electron chi connectivity index (χ4n) is 1.24. The van der Waals surface area contributed by atoms with Crippen molar-refractivity contribution in [2.75, 3.05) is 0 Å². The molecule has 0 fully saturated rings. The summed E-state index contributed by atoms with van der Waals surface area (Å²) in [6.45, 7) is 0.894. The third-order valence-electron chi connectivity index (χ3n) is 2.00. The molecular weight excluding hydrogens is 529 g/mol. The van der Waals surface area contributed by atoms with Gasteiger partial charge in [-0.3, -0.25) is 0 Å². The molecule has 0 N–H and O–H groups in total. The van der Waals surface area contributed by atoms with E-state index in [4.69, 9.17) is 0 Å². The molecule has 0 aliphatic carbocycles. The number of imidazole rings is 1. The lowest BCUT2D eigenvalue weighted by Gasteiger charge is -2.04. The number of nitrogens with zero attached hydrogens (tertiary/aromatic N) is 2. The maximum Gasteiger partial charge on any atom is 0.132 e. The first-order valence-electron chi connectivity index (χ1n) is 4.27. The zero-order chi connectivity index (χ0) is 10.8. The van der Waals surface area contributed by atoms with E-state index < -0.39 is 0 Å². The average molecular weight is 536 g/mol. The Morgan fingerprint density at radius 3 is 2.27 bits per heavy atom. The molecule has 0 saturated heterocycles. The molecule has 0 atom stereocenters. The monoisotopic (exact) mass is 536 g/mol. The van der Waals surface area contributed by atoms with Gasteiger partial charge in [0.15, 0.2) is 0 Å². The summed E-state index contributed by atoms with van der Waals surface area (Å²) in [5.41, 5.74) is 1.31. The van der Waals surface area contributed by atoms with Crippen molar-refractivity contribution >= 4 is 67.8 Å². The van der Waals surface area contributed by atoms with E-state index >= 15 is 0 Å². The third kappa shape index (κ3) is 3.05. The van der Waals surface area contributed by atoms with Crippen LogP contribution in [0.15, 0.2) is 30.6 Å². The number of benzene rings is 1.